The maximum absolute atomic E-state index is 6.29. The minimum absolute atomic E-state index is 0.0731. The Labute approximate surface area is 246 Å². The zero-order chi connectivity index (χ0) is 29.4. The Morgan fingerprint density at radius 3 is 1.73 bits per heavy atom. The number of hydrogen-bond acceptors (Lipinski definition) is 3. The van der Waals surface area contributed by atoms with Crippen LogP contribution in [0.4, 0.5) is 17.1 Å². The van der Waals surface area contributed by atoms with Crippen molar-refractivity contribution < 1.29 is 9.31 Å². The molecule has 1 fully saturated rings. The minimum atomic E-state index is -0.357. The number of para-hydroxylation sites is 1. The number of hydrogen-bond donors (Lipinski definition) is 0. The van der Waals surface area contributed by atoms with E-state index in [1.807, 2.05) is 0 Å². The van der Waals surface area contributed by atoms with E-state index in [9.17, 15) is 0 Å². The summed E-state index contributed by atoms with van der Waals surface area (Å²) in [7, 11) is -0.357. The molecule has 2 aliphatic rings. The second-order valence-corrected chi connectivity index (χ2v) is 14.2. The third-order valence-corrected chi connectivity index (χ3v) is 9.47. The lowest BCUT2D eigenvalue weighted by Gasteiger charge is -2.43. The molecule has 3 nitrogen and oxygen atoms in total. The van der Waals surface area contributed by atoms with Crippen LogP contribution in [-0.4, -0.2) is 18.3 Å². The molecule has 0 atom stereocenters. The van der Waals surface area contributed by atoms with Gasteiger partial charge < -0.3 is 14.2 Å². The van der Waals surface area contributed by atoms with Crippen LogP contribution in [0, 0.1) is 0 Å². The van der Waals surface area contributed by atoms with Crippen molar-refractivity contribution in [2.45, 2.75) is 84.3 Å². The van der Waals surface area contributed by atoms with Gasteiger partial charge in [-0.2, -0.15) is 0 Å². The normalized spacial score (nSPS) is 18.7. The van der Waals surface area contributed by atoms with Crippen molar-refractivity contribution in [1.82, 2.24) is 0 Å². The van der Waals surface area contributed by atoms with Crippen molar-refractivity contribution in [1.29, 1.82) is 0 Å². The van der Waals surface area contributed by atoms with Gasteiger partial charge in [-0.25, -0.2) is 0 Å². The first-order valence-corrected chi connectivity index (χ1v) is 14.8. The van der Waals surface area contributed by atoms with Gasteiger partial charge in [0, 0.05) is 11.1 Å². The molecule has 2 aliphatic heterocycles. The largest absolute Gasteiger partial charge is 0.494 e. The van der Waals surface area contributed by atoms with E-state index >= 15 is 0 Å². The lowest BCUT2D eigenvalue weighted by atomic mass is 9.71. The van der Waals surface area contributed by atoms with E-state index in [0.29, 0.717) is 0 Å². The smallest absolute Gasteiger partial charge is 0.399 e. The molecule has 4 aromatic carbocycles. The number of anilines is 3. The fraction of sp³-hybridized carbons (Fsp3) is 0.351. The first-order chi connectivity index (χ1) is 19.2. The molecule has 0 radical (unpaired) electrons. The van der Waals surface area contributed by atoms with E-state index in [1.54, 1.807) is 0 Å². The van der Waals surface area contributed by atoms with Gasteiger partial charge in [0.1, 0.15) is 0 Å². The molecule has 0 aromatic heterocycles. The van der Waals surface area contributed by atoms with Gasteiger partial charge in [-0.15, -0.1) is 0 Å². The molecule has 0 unspecified atom stereocenters. The molecular formula is C37H42BNO2. The quantitative estimate of drug-likeness (QED) is 0.241. The van der Waals surface area contributed by atoms with Crippen LogP contribution < -0.4 is 10.4 Å². The molecular weight excluding hydrogens is 501 g/mol. The lowest BCUT2D eigenvalue weighted by molar-refractivity contribution is 0.00578. The number of nitrogens with zero attached hydrogens (tertiary/aromatic N) is 1. The Balaban J connectivity index is 1.43. The van der Waals surface area contributed by atoms with Gasteiger partial charge in [0.2, 0.25) is 0 Å². The van der Waals surface area contributed by atoms with Crippen LogP contribution in [0.1, 0.15) is 79.0 Å². The molecule has 0 bridgehead atoms. The van der Waals surface area contributed by atoms with Crippen LogP contribution in [-0.2, 0) is 20.1 Å². The Kier molecular flexibility index (Phi) is 6.34. The van der Waals surface area contributed by atoms with Crippen molar-refractivity contribution in [3.8, 4) is 11.1 Å². The van der Waals surface area contributed by atoms with E-state index in [4.69, 9.17) is 9.31 Å². The molecule has 0 saturated carbocycles. The van der Waals surface area contributed by atoms with E-state index in [1.165, 1.54) is 44.9 Å². The van der Waals surface area contributed by atoms with E-state index < -0.39 is 0 Å². The Bertz CT molecular complexity index is 1580. The van der Waals surface area contributed by atoms with Gasteiger partial charge in [0.05, 0.1) is 22.6 Å². The lowest BCUT2D eigenvalue weighted by Crippen LogP contribution is -2.41. The van der Waals surface area contributed by atoms with E-state index in [2.05, 4.69) is 158 Å². The summed E-state index contributed by atoms with van der Waals surface area (Å²) in [4.78, 5) is 2.42. The SMILES string of the molecule is CC(C)(C)c1ccc2c(c1)C(C)(C)c1cc(-c3ccc(B4OC(C)(C)C(C)(C)O4)cc3)ccc1N2c1ccccc1. The summed E-state index contributed by atoms with van der Waals surface area (Å²) >= 11 is 0. The zero-order valence-electron chi connectivity index (χ0n) is 26.0. The third kappa shape index (κ3) is 4.62. The predicted octanol–water partition coefficient (Wildman–Crippen LogP) is 9.06. The Morgan fingerprint density at radius 2 is 1.15 bits per heavy atom. The second kappa shape index (κ2) is 9.34. The highest BCUT2D eigenvalue weighted by atomic mass is 16.7. The minimum Gasteiger partial charge on any atom is -0.399 e. The highest BCUT2D eigenvalue weighted by Gasteiger charge is 2.51. The maximum Gasteiger partial charge on any atom is 0.494 e. The molecule has 0 amide bonds. The Hall–Kier alpha value is -3.34. The fourth-order valence-corrected chi connectivity index (χ4v) is 6.05. The van der Waals surface area contributed by atoms with Crippen LogP contribution in [0.15, 0.2) is 91.0 Å². The number of rotatable bonds is 3. The third-order valence-electron chi connectivity index (χ3n) is 9.47. The molecule has 210 valence electrons. The summed E-state index contributed by atoms with van der Waals surface area (Å²) in [5.41, 5.74) is 10.3. The standard InChI is InChI=1S/C37H42BNO2/c1-34(2,3)27-18-22-33-31(24-27)35(4,5)30-23-26(17-21-32(30)39(33)29-13-11-10-12-14-29)25-15-19-28(20-16-25)38-40-36(6,7)37(8,9)41-38/h10-24H,1-9H3. The van der Waals surface area contributed by atoms with Crippen LogP contribution in [0.25, 0.3) is 11.1 Å². The molecule has 0 aliphatic carbocycles. The fourth-order valence-electron chi connectivity index (χ4n) is 6.05. The molecule has 41 heavy (non-hydrogen) atoms. The van der Waals surface area contributed by atoms with Crippen molar-refractivity contribution in [3.05, 3.63) is 108 Å². The average Bonchev–Trinajstić information content (AvgIpc) is 3.15. The highest BCUT2D eigenvalue weighted by molar-refractivity contribution is 6.62. The van der Waals surface area contributed by atoms with Gasteiger partial charge in [0.25, 0.3) is 0 Å². The summed E-state index contributed by atoms with van der Waals surface area (Å²) in [5.74, 6) is 0. The van der Waals surface area contributed by atoms with Crippen LogP contribution in [0.3, 0.4) is 0 Å². The molecule has 4 aromatic rings. The molecule has 1 saturated heterocycles. The molecule has 0 spiro atoms. The summed E-state index contributed by atoms with van der Waals surface area (Å²) in [6.45, 7) is 20.0. The van der Waals surface area contributed by atoms with Crippen LogP contribution in [0.2, 0.25) is 0 Å². The van der Waals surface area contributed by atoms with Crippen molar-refractivity contribution in [2.24, 2.45) is 0 Å². The van der Waals surface area contributed by atoms with Gasteiger partial charge in [-0.05, 0) is 96.7 Å². The predicted molar refractivity (Wildman–Crippen MR) is 173 cm³/mol. The Morgan fingerprint density at radius 1 is 0.610 bits per heavy atom. The molecule has 6 rings (SSSR count). The zero-order valence-corrected chi connectivity index (χ0v) is 26.0. The number of benzene rings is 4. The first kappa shape index (κ1) is 27.8. The summed E-state index contributed by atoms with van der Waals surface area (Å²) in [6, 6.07) is 33.4. The monoisotopic (exact) mass is 543 g/mol. The van der Waals surface area contributed by atoms with Gasteiger partial charge >= 0.3 is 7.12 Å². The van der Waals surface area contributed by atoms with Gasteiger partial charge in [-0.3, -0.25) is 0 Å². The molecule has 0 N–H and O–H groups in total. The second-order valence-electron chi connectivity index (χ2n) is 14.2. The van der Waals surface area contributed by atoms with Gasteiger partial charge in [0.15, 0.2) is 0 Å². The number of fused-ring (bicyclic) bond motifs is 2. The van der Waals surface area contributed by atoms with Crippen LogP contribution in [0.5, 0.6) is 0 Å². The summed E-state index contributed by atoms with van der Waals surface area (Å²) < 4.78 is 12.6. The first-order valence-electron chi connectivity index (χ1n) is 14.8. The van der Waals surface area contributed by atoms with Crippen LogP contribution >= 0.6 is 0 Å². The summed E-state index contributed by atoms with van der Waals surface area (Å²) in [5, 5.41) is 0. The highest BCUT2D eigenvalue weighted by Crippen LogP contribution is 2.53. The van der Waals surface area contributed by atoms with Crippen molar-refractivity contribution in [3.63, 3.8) is 0 Å². The summed E-state index contributed by atoms with van der Waals surface area (Å²) in [6.07, 6.45) is 0. The van der Waals surface area contributed by atoms with E-state index in [-0.39, 0.29) is 29.2 Å². The van der Waals surface area contributed by atoms with E-state index in [0.717, 1.165) is 5.46 Å². The van der Waals surface area contributed by atoms with Gasteiger partial charge in [-0.1, -0.05) is 95.3 Å². The van der Waals surface area contributed by atoms with Crippen molar-refractivity contribution in [2.75, 3.05) is 4.90 Å². The van der Waals surface area contributed by atoms with Crippen molar-refractivity contribution >= 4 is 29.6 Å². The molecule has 2 heterocycles. The maximum atomic E-state index is 6.29. The topological polar surface area (TPSA) is 21.7 Å². The average molecular weight is 544 g/mol. The molecule has 4 heteroatoms.